The van der Waals surface area contributed by atoms with Gasteiger partial charge in [-0.1, -0.05) is 29.8 Å². The molecule has 1 aliphatic heterocycles. The first kappa shape index (κ1) is 24.2. The Morgan fingerprint density at radius 2 is 1.72 bits per heavy atom. The van der Waals surface area contributed by atoms with Gasteiger partial charge in [-0.2, -0.15) is 0 Å². The maximum absolute atomic E-state index is 15.1. The van der Waals surface area contributed by atoms with E-state index in [0.717, 1.165) is 49.3 Å². The number of hydrogen-bond acceptors (Lipinski definition) is 7. The molecule has 36 heavy (non-hydrogen) atoms. The first-order chi connectivity index (χ1) is 17.6. The summed E-state index contributed by atoms with van der Waals surface area (Å²) < 4.78 is 25.6. The highest BCUT2D eigenvalue weighted by Gasteiger charge is 2.20. The highest BCUT2D eigenvalue weighted by atomic mass is 35.5. The van der Waals surface area contributed by atoms with E-state index in [9.17, 15) is 0 Å². The van der Waals surface area contributed by atoms with Gasteiger partial charge in [-0.15, -0.1) is 0 Å². The summed E-state index contributed by atoms with van der Waals surface area (Å²) >= 11 is 6.45. The second kappa shape index (κ2) is 10.7. The number of fused-ring (bicyclic) bond motifs is 1. The predicted molar refractivity (Wildman–Crippen MR) is 141 cm³/mol. The zero-order valence-corrected chi connectivity index (χ0v) is 20.9. The zero-order valence-electron chi connectivity index (χ0n) is 20.1. The Kier molecular flexibility index (Phi) is 7.18. The molecule has 0 saturated carbocycles. The minimum atomic E-state index is -0.541. The van der Waals surface area contributed by atoms with Crippen LogP contribution in [0.2, 0.25) is 5.02 Å². The van der Waals surface area contributed by atoms with Crippen molar-refractivity contribution in [3.8, 4) is 22.6 Å². The molecule has 1 fully saturated rings. The lowest BCUT2D eigenvalue weighted by atomic mass is 10.0. The van der Waals surface area contributed by atoms with Crippen LogP contribution < -0.4 is 20.1 Å². The number of aromatic nitrogens is 2. The van der Waals surface area contributed by atoms with Gasteiger partial charge in [-0.05, 0) is 34.7 Å². The number of anilines is 2. The average Bonchev–Trinajstić information content (AvgIpc) is 2.91. The van der Waals surface area contributed by atoms with Crippen LogP contribution in [0.25, 0.3) is 21.9 Å². The van der Waals surface area contributed by atoms with Crippen molar-refractivity contribution in [1.82, 2.24) is 20.2 Å². The molecule has 186 valence electrons. The number of methoxy groups -OCH3 is 2. The Bertz CT molecular complexity index is 1350. The van der Waals surface area contributed by atoms with Crippen molar-refractivity contribution in [1.29, 1.82) is 0 Å². The second-order valence-electron chi connectivity index (χ2n) is 8.62. The quantitative estimate of drug-likeness (QED) is 0.354. The minimum Gasteiger partial charge on any atom is -0.495 e. The number of piperazine rings is 1. The van der Waals surface area contributed by atoms with Crippen molar-refractivity contribution in [2.45, 2.75) is 6.54 Å². The van der Waals surface area contributed by atoms with Crippen LogP contribution in [0.3, 0.4) is 0 Å². The van der Waals surface area contributed by atoms with Crippen LogP contribution >= 0.6 is 11.6 Å². The Hall–Kier alpha value is -3.46. The molecule has 9 heteroatoms. The van der Waals surface area contributed by atoms with Crippen LogP contribution in [0.5, 0.6) is 11.5 Å². The van der Waals surface area contributed by atoms with Crippen molar-refractivity contribution in [3.63, 3.8) is 0 Å². The molecule has 2 N–H and O–H groups in total. The number of halogens is 2. The number of benzene rings is 2. The van der Waals surface area contributed by atoms with Crippen LogP contribution in [0.4, 0.5) is 16.0 Å². The van der Waals surface area contributed by atoms with E-state index >= 15 is 4.39 Å². The van der Waals surface area contributed by atoms with E-state index in [2.05, 4.69) is 31.6 Å². The summed E-state index contributed by atoms with van der Waals surface area (Å²) in [5.41, 5.74) is 2.01. The molecular weight excluding hydrogens is 481 g/mol. The number of pyridine rings is 2. The maximum Gasteiger partial charge on any atom is 0.174 e. The molecule has 1 aliphatic rings. The van der Waals surface area contributed by atoms with Gasteiger partial charge >= 0.3 is 0 Å². The smallest absolute Gasteiger partial charge is 0.174 e. The van der Waals surface area contributed by atoms with Crippen LogP contribution in [0.15, 0.2) is 54.9 Å². The van der Waals surface area contributed by atoms with Gasteiger partial charge in [0.2, 0.25) is 0 Å². The molecule has 2 aromatic heterocycles. The summed E-state index contributed by atoms with van der Waals surface area (Å²) in [6, 6.07) is 13.0. The van der Waals surface area contributed by atoms with Gasteiger partial charge in [0, 0.05) is 62.1 Å². The molecule has 1 saturated heterocycles. The highest BCUT2D eigenvalue weighted by molar-refractivity contribution is 6.35. The molecule has 0 bridgehead atoms. The van der Waals surface area contributed by atoms with E-state index in [4.69, 9.17) is 21.1 Å². The van der Waals surface area contributed by atoms with Gasteiger partial charge < -0.3 is 20.1 Å². The van der Waals surface area contributed by atoms with E-state index in [0.29, 0.717) is 17.1 Å². The molecule has 5 rings (SSSR count). The average molecular weight is 508 g/mol. The molecule has 0 unspecified atom stereocenters. The zero-order chi connectivity index (χ0) is 25.1. The van der Waals surface area contributed by atoms with Crippen molar-refractivity contribution in [3.05, 3.63) is 71.3 Å². The van der Waals surface area contributed by atoms with Crippen LogP contribution in [-0.2, 0) is 6.54 Å². The molecule has 2 aromatic carbocycles. The van der Waals surface area contributed by atoms with Gasteiger partial charge in [0.25, 0.3) is 0 Å². The van der Waals surface area contributed by atoms with Gasteiger partial charge in [0.1, 0.15) is 17.4 Å². The van der Waals surface area contributed by atoms with Crippen molar-refractivity contribution < 1.29 is 13.9 Å². The molecular formula is C27H27ClFN5O2. The molecule has 3 heterocycles. The van der Waals surface area contributed by atoms with Crippen LogP contribution in [0, 0.1) is 5.82 Å². The fraction of sp³-hybridized carbons (Fsp3) is 0.259. The van der Waals surface area contributed by atoms with Gasteiger partial charge in [0.05, 0.1) is 19.2 Å². The first-order valence-electron chi connectivity index (χ1n) is 11.7. The van der Waals surface area contributed by atoms with Crippen molar-refractivity contribution in [2.75, 3.05) is 45.7 Å². The lowest BCUT2D eigenvalue weighted by molar-refractivity contribution is 0.233. The number of nitrogens with one attached hydrogen (secondary N) is 2. The lowest BCUT2D eigenvalue weighted by Gasteiger charge is -2.27. The van der Waals surface area contributed by atoms with Gasteiger partial charge in [-0.3, -0.25) is 4.90 Å². The Morgan fingerprint density at radius 1 is 0.944 bits per heavy atom. The molecule has 7 nitrogen and oxygen atoms in total. The molecule has 0 radical (unpaired) electrons. The number of ether oxygens (including phenoxy) is 2. The van der Waals surface area contributed by atoms with Crippen LogP contribution in [-0.4, -0.2) is 55.3 Å². The summed E-state index contributed by atoms with van der Waals surface area (Å²) in [6.45, 7) is 5.05. The van der Waals surface area contributed by atoms with Crippen molar-refractivity contribution in [2.24, 2.45) is 0 Å². The third-order valence-corrected chi connectivity index (χ3v) is 6.66. The molecule has 0 aliphatic carbocycles. The number of hydrogen-bond donors (Lipinski definition) is 2. The monoisotopic (exact) mass is 507 g/mol. The summed E-state index contributed by atoms with van der Waals surface area (Å²) in [6.07, 6.45) is 3.64. The minimum absolute atomic E-state index is 0.0653. The number of rotatable bonds is 7. The number of nitrogens with zero attached hydrogens (tertiary/aromatic N) is 3. The van der Waals surface area contributed by atoms with Crippen molar-refractivity contribution >= 4 is 34.0 Å². The standard InChI is InChI=1S/C27H27ClFN5O2/c1-35-21-13-22(36-2)27(29)25(26(21)28)19-5-4-18-12-24(32-15-20(18)11-19)33-23-6-3-17(14-31-23)16-34-9-7-30-8-10-34/h3-6,11-15,30H,7-10,16H2,1-2H3,(H,31,32,33). The Labute approximate surface area is 214 Å². The Morgan fingerprint density at radius 3 is 2.44 bits per heavy atom. The maximum atomic E-state index is 15.1. The molecule has 0 atom stereocenters. The molecule has 0 amide bonds. The van der Waals surface area contributed by atoms with Gasteiger partial charge in [-0.25, -0.2) is 14.4 Å². The fourth-order valence-electron chi connectivity index (χ4n) is 4.36. The third-order valence-electron chi connectivity index (χ3n) is 6.28. The SMILES string of the molecule is COc1cc(OC)c(Cl)c(-c2ccc3cc(Nc4ccc(CN5CCNCC5)cn4)ncc3c2)c1F. The highest BCUT2D eigenvalue weighted by Crippen LogP contribution is 2.42. The largest absolute Gasteiger partial charge is 0.495 e. The first-order valence-corrected chi connectivity index (χ1v) is 12.1. The fourth-order valence-corrected chi connectivity index (χ4v) is 4.68. The second-order valence-corrected chi connectivity index (χ2v) is 9.00. The van der Waals surface area contributed by atoms with Gasteiger partial charge in [0.15, 0.2) is 11.6 Å². The summed E-state index contributed by atoms with van der Waals surface area (Å²) in [4.78, 5) is 11.5. The summed E-state index contributed by atoms with van der Waals surface area (Å²) in [5, 5.41) is 8.60. The lowest BCUT2D eigenvalue weighted by Crippen LogP contribution is -2.42. The van der Waals surface area contributed by atoms with Crippen LogP contribution in [0.1, 0.15) is 5.56 Å². The molecule has 4 aromatic rings. The third kappa shape index (κ3) is 5.06. The molecule has 0 spiro atoms. The Balaban J connectivity index is 1.36. The van der Waals surface area contributed by atoms with E-state index in [1.165, 1.54) is 25.8 Å². The summed E-state index contributed by atoms with van der Waals surface area (Å²) in [5.74, 6) is 1.26. The normalized spacial score (nSPS) is 14.1. The van der Waals surface area contributed by atoms with E-state index in [1.54, 1.807) is 6.20 Å². The van der Waals surface area contributed by atoms with E-state index in [-0.39, 0.29) is 16.3 Å². The summed E-state index contributed by atoms with van der Waals surface area (Å²) in [7, 11) is 2.89. The topological polar surface area (TPSA) is 71.5 Å². The predicted octanol–water partition coefficient (Wildman–Crippen LogP) is 5.26. The van der Waals surface area contributed by atoms with E-state index in [1.807, 2.05) is 36.5 Å². The van der Waals surface area contributed by atoms with E-state index < -0.39 is 5.82 Å².